The van der Waals surface area contributed by atoms with Gasteiger partial charge in [-0.2, -0.15) is 0 Å². The topological polar surface area (TPSA) is 44.5 Å². The highest BCUT2D eigenvalue weighted by atomic mass is 16.6. The molecule has 1 aliphatic heterocycles. The Labute approximate surface area is 128 Å². The van der Waals surface area contributed by atoms with Gasteiger partial charge >= 0.3 is 0 Å². The highest BCUT2D eigenvalue weighted by molar-refractivity contribution is 5.37. The second-order valence-electron chi connectivity index (χ2n) is 6.83. The summed E-state index contributed by atoms with van der Waals surface area (Å²) in [5.74, 6) is 0.956. The Hall–Kier alpha value is -1.06. The lowest BCUT2D eigenvalue weighted by Gasteiger charge is -2.20. The smallest absolute Gasteiger partial charge is 0.122 e. The number of aryl methyl sites for hydroxylation is 1. The molecule has 0 aromatic heterocycles. The Morgan fingerprint density at radius 3 is 2.81 bits per heavy atom. The van der Waals surface area contributed by atoms with Crippen LogP contribution >= 0.6 is 0 Å². The molecule has 0 saturated carbocycles. The van der Waals surface area contributed by atoms with Crippen LogP contribution in [0.1, 0.15) is 51.2 Å². The van der Waals surface area contributed by atoms with E-state index < -0.39 is 0 Å². The molecule has 2 atom stereocenters. The maximum absolute atomic E-state index is 6.10. The average Bonchev–Trinajstić information content (AvgIpc) is 2.77. The van der Waals surface area contributed by atoms with Gasteiger partial charge in [-0.15, -0.1) is 0 Å². The molecule has 3 heteroatoms. The third-order valence-corrected chi connectivity index (χ3v) is 4.20. The largest absolute Gasteiger partial charge is 0.491 e. The molecular formula is C18H29NO2. The first-order chi connectivity index (χ1) is 9.89. The summed E-state index contributed by atoms with van der Waals surface area (Å²) >= 11 is 0. The summed E-state index contributed by atoms with van der Waals surface area (Å²) in [7, 11) is 0. The third-order valence-electron chi connectivity index (χ3n) is 4.20. The lowest BCUT2D eigenvalue weighted by atomic mass is 10.0. The fraction of sp³-hybridized carbons (Fsp3) is 0.667. The molecule has 1 aliphatic rings. The second-order valence-corrected chi connectivity index (χ2v) is 6.83. The van der Waals surface area contributed by atoms with Gasteiger partial charge in [0, 0.05) is 6.04 Å². The zero-order valence-corrected chi connectivity index (χ0v) is 13.8. The highest BCUT2D eigenvalue weighted by Gasteiger charge is 2.32. The number of hydrogen-bond acceptors (Lipinski definition) is 3. The molecule has 3 nitrogen and oxygen atoms in total. The number of benzene rings is 1. The quantitative estimate of drug-likeness (QED) is 0.870. The van der Waals surface area contributed by atoms with Crippen LogP contribution in [0.4, 0.5) is 0 Å². The van der Waals surface area contributed by atoms with E-state index in [9.17, 15) is 0 Å². The first-order valence-corrected chi connectivity index (χ1v) is 8.05. The zero-order valence-electron chi connectivity index (χ0n) is 13.8. The molecular weight excluding hydrogens is 262 g/mol. The van der Waals surface area contributed by atoms with Crippen LogP contribution < -0.4 is 10.5 Å². The number of hydrogen-bond donors (Lipinski definition) is 1. The summed E-state index contributed by atoms with van der Waals surface area (Å²) in [6, 6.07) is 6.53. The van der Waals surface area contributed by atoms with E-state index in [1.165, 1.54) is 11.1 Å². The monoisotopic (exact) mass is 291 g/mol. The van der Waals surface area contributed by atoms with Crippen molar-refractivity contribution >= 4 is 0 Å². The van der Waals surface area contributed by atoms with Crippen molar-refractivity contribution in [3.05, 3.63) is 29.3 Å². The summed E-state index contributed by atoms with van der Waals surface area (Å²) in [4.78, 5) is 0. The van der Waals surface area contributed by atoms with E-state index in [0.717, 1.165) is 31.4 Å². The summed E-state index contributed by atoms with van der Waals surface area (Å²) in [5, 5.41) is 0. The molecule has 21 heavy (non-hydrogen) atoms. The van der Waals surface area contributed by atoms with Crippen LogP contribution in [0.5, 0.6) is 5.75 Å². The molecule has 1 aromatic rings. The summed E-state index contributed by atoms with van der Waals surface area (Å²) in [5.41, 5.74) is 8.55. The Kier molecular flexibility index (Phi) is 5.28. The van der Waals surface area contributed by atoms with Gasteiger partial charge in [0.2, 0.25) is 0 Å². The predicted molar refractivity (Wildman–Crippen MR) is 86.8 cm³/mol. The van der Waals surface area contributed by atoms with Gasteiger partial charge in [-0.1, -0.05) is 24.6 Å². The molecule has 2 N–H and O–H groups in total. The van der Waals surface area contributed by atoms with Crippen molar-refractivity contribution < 1.29 is 9.47 Å². The van der Waals surface area contributed by atoms with Crippen molar-refractivity contribution in [2.75, 3.05) is 6.61 Å². The molecule has 1 fully saturated rings. The normalized spacial score (nSPS) is 22.2. The average molecular weight is 291 g/mol. The number of ether oxygens (including phenoxy) is 2. The fourth-order valence-electron chi connectivity index (χ4n) is 2.81. The van der Waals surface area contributed by atoms with Gasteiger partial charge in [0.25, 0.3) is 0 Å². The Morgan fingerprint density at radius 1 is 1.43 bits per heavy atom. The van der Waals surface area contributed by atoms with E-state index in [4.69, 9.17) is 15.2 Å². The Bertz CT molecular complexity index is 470. The van der Waals surface area contributed by atoms with Gasteiger partial charge in [-0.25, -0.2) is 0 Å². The van der Waals surface area contributed by atoms with Crippen molar-refractivity contribution in [1.82, 2.24) is 0 Å². The first-order valence-electron chi connectivity index (χ1n) is 8.05. The molecule has 0 aliphatic carbocycles. The van der Waals surface area contributed by atoms with Gasteiger partial charge in [0.1, 0.15) is 12.4 Å². The molecule has 1 heterocycles. The van der Waals surface area contributed by atoms with E-state index in [-0.39, 0.29) is 17.7 Å². The summed E-state index contributed by atoms with van der Waals surface area (Å²) < 4.78 is 12.0. The van der Waals surface area contributed by atoms with Gasteiger partial charge in [0.05, 0.1) is 11.7 Å². The van der Waals surface area contributed by atoms with Crippen molar-refractivity contribution in [2.45, 2.75) is 71.1 Å². The maximum atomic E-state index is 6.10. The number of rotatable bonds is 6. The molecule has 2 rings (SSSR count). The molecule has 2 unspecified atom stereocenters. The van der Waals surface area contributed by atoms with E-state index in [1.54, 1.807) is 0 Å². The molecule has 0 amide bonds. The van der Waals surface area contributed by atoms with Crippen LogP contribution in [-0.4, -0.2) is 24.4 Å². The predicted octanol–water partition coefficient (Wildman–Crippen LogP) is 3.61. The maximum Gasteiger partial charge on any atom is 0.122 e. The van der Waals surface area contributed by atoms with Crippen LogP contribution in [0.3, 0.4) is 0 Å². The van der Waals surface area contributed by atoms with Gasteiger partial charge in [-0.05, 0) is 58.1 Å². The van der Waals surface area contributed by atoms with Crippen molar-refractivity contribution in [1.29, 1.82) is 0 Å². The van der Waals surface area contributed by atoms with E-state index in [2.05, 4.69) is 45.9 Å². The zero-order chi connectivity index (χ0) is 15.5. The highest BCUT2D eigenvalue weighted by Crippen LogP contribution is 2.30. The summed E-state index contributed by atoms with van der Waals surface area (Å²) in [6.45, 7) is 9.14. The molecule has 1 saturated heterocycles. The van der Waals surface area contributed by atoms with Gasteiger partial charge in [-0.3, -0.25) is 0 Å². The minimum atomic E-state index is -0.00526. The molecule has 0 spiro atoms. The van der Waals surface area contributed by atoms with E-state index in [1.807, 2.05) is 0 Å². The lowest BCUT2D eigenvalue weighted by molar-refractivity contribution is -0.0327. The minimum Gasteiger partial charge on any atom is -0.491 e. The van der Waals surface area contributed by atoms with Gasteiger partial charge < -0.3 is 15.2 Å². The fourth-order valence-corrected chi connectivity index (χ4v) is 2.81. The summed E-state index contributed by atoms with van der Waals surface area (Å²) in [6.07, 6.45) is 4.22. The van der Waals surface area contributed by atoms with Crippen LogP contribution in [0.15, 0.2) is 18.2 Å². The molecule has 0 bridgehead atoms. The molecule has 118 valence electrons. The Balaban J connectivity index is 1.99. The number of nitrogens with two attached hydrogens (primary N) is 1. The van der Waals surface area contributed by atoms with Crippen LogP contribution in [0.2, 0.25) is 0 Å². The van der Waals surface area contributed by atoms with Crippen molar-refractivity contribution in [3.63, 3.8) is 0 Å². The molecule has 1 aromatic carbocycles. The van der Waals surface area contributed by atoms with E-state index >= 15 is 0 Å². The van der Waals surface area contributed by atoms with Gasteiger partial charge in [0.15, 0.2) is 0 Å². The SMILES string of the molecule is CCC(N)Cc1cc(C)ccc1OCC1CCC(C)(C)O1. The third kappa shape index (κ3) is 4.72. The van der Waals surface area contributed by atoms with Crippen LogP contribution in [0, 0.1) is 6.92 Å². The second kappa shape index (κ2) is 6.80. The van der Waals surface area contributed by atoms with Crippen LogP contribution in [-0.2, 0) is 11.2 Å². The lowest BCUT2D eigenvalue weighted by Crippen LogP contribution is -2.25. The Morgan fingerprint density at radius 2 is 2.19 bits per heavy atom. The van der Waals surface area contributed by atoms with E-state index in [0.29, 0.717) is 6.61 Å². The minimum absolute atomic E-state index is 0.00526. The first kappa shape index (κ1) is 16.3. The van der Waals surface area contributed by atoms with Crippen LogP contribution in [0.25, 0.3) is 0 Å². The standard InChI is InChI=1S/C18H29NO2/c1-5-15(19)11-14-10-13(2)6-7-17(14)20-12-16-8-9-18(3,4)21-16/h6-7,10,15-16H,5,8-9,11-12,19H2,1-4H3. The molecule has 0 radical (unpaired) electrons. The van der Waals surface area contributed by atoms with Crippen molar-refractivity contribution in [2.24, 2.45) is 5.73 Å². The van der Waals surface area contributed by atoms with Crippen molar-refractivity contribution in [3.8, 4) is 5.75 Å².